The van der Waals surface area contributed by atoms with E-state index in [2.05, 4.69) is 82.3 Å². The zero-order chi connectivity index (χ0) is 19.0. The van der Waals surface area contributed by atoms with Crippen molar-refractivity contribution in [3.63, 3.8) is 0 Å². The van der Waals surface area contributed by atoms with Crippen molar-refractivity contribution in [3.8, 4) is 16.3 Å². The lowest BCUT2D eigenvalue weighted by Crippen LogP contribution is -2.30. The van der Waals surface area contributed by atoms with Gasteiger partial charge in [-0.2, -0.15) is 5.10 Å². The molecule has 0 amide bonds. The number of nitrogens with one attached hydrogen (secondary N) is 1. The minimum absolute atomic E-state index is 0.236. The molecule has 4 heteroatoms. The van der Waals surface area contributed by atoms with Crippen LogP contribution in [0.25, 0.3) is 16.6 Å². The Kier molecular flexibility index (Phi) is 4.14. The van der Waals surface area contributed by atoms with Crippen molar-refractivity contribution >= 4 is 17.4 Å². The Morgan fingerprint density at radius 1 is 0.964 bits per heavy atom. The third kappa shape index (κ3) is 2.69. The van der Waals surface area contributed by atoms with E-state index in [1.54, 1.807) is 18.4 Å². The van der Waals surface area contributed by atoms with Gasteiger partial charge in [0.1, 0.15) is 11.4 Å². The van der Waals surface area contributed by atoms with Gasteiger partial charge < -0.3 is 4.74 Å². The number of rotatable bonds is 4. The molecular weight excluding hydrogens is 364 g/mol. The van der Waals surface area contributed by atoms with Gasteiger partial charge in [0.25, 0.3) is 0 Å². The molecule has 5 rings (SSSR count). The number of thiophene rings is 1. The first-order chi connectivity index (χ1) is 13.8. The summed E-state index contributed by atoms with van der Waals surface area (Å²) in [7, 11) is 1.70. The van der Waals surface area contributed by atoms with Crippen LogP contribution < -0.4 is 4.74 Å². The maximum Gasteiger partial charge on any atom is 0.118 e. The van der Waals surface area contributed by atoms with Crippen LogP contribution in [0.3, 0.4) is 0 Å². The van der Waals surface area contributed by atoms with Crippen molar-refractivity contribution in [1.29, 1.82) is 0 Å². The molecule has 2 aromatic carbocycles. The quantitative estimate of drug-likeness (QED) is 0.490. The number of H-pyrrole nitrogens is 1. The number of hydrogen-bond donors (Lipinski definition) is 1. The fraction of sp³-hybridized carbons (Fsp3) is 0.125. The van der Waals surface area contributed by atoms with Gasteiger partial charge in [0, 0.05) is 23.1 Å². The predicted octanol–water partition coefficient (Wildman–Crippen LogP) is 5.70. The molecule has 1 unspecified atom stereocenters. The number of allylic oxidation sites excluding steroid dienone is 1. The highest BCUT2D eigenvalue weighted by Crippen LogP contribution is 2.43. The Morgan fingerprint density at radius 3 is 2.46 bits per heavy atom. The molecule has 0 radical (unpaired) electrons. The summed E-state index contributed by atoms with van der Waals surface area (Å²) in [6.45, 7) is 0. The molecule has 4 aromatic rings. The number of ether oxygens (including phenoxy) is 1. The number of fused-ring (bicyclic) bond motifs is 1. The molecule has 0 saturated heterocycles. The van der Waals surface area contributed by atoms with E-state index < -0.39 is 0 Å². The fourth-order valence-electron chi connectivity index (χ4n) is 4.05. The highest BCUT2D eigenvalue weighted by Gasteiger charge is 2.36. The predicted molar refractivity (Wildman–Crippen MR) is 115 cm³/mol. The average Bonchev–Trinajstić information content (AvgIpc) is 3.43. The number of nitrogens with zero attached hydrogens (tertiary/aromatic N) is 1. The molecule has 0 spiro atoms. The molecule has 0 bridgehead atoms. The van der Waals surface area contributed by atoms with Crippen LogP contribution in [0.1, 0.15) is 22.4 Å². The maximum atomic E-state index is 5.36. The third-order valence-corrected chi connectivity index (χ3v) is 6.40. The van der Waals surface area contributed by atoms with E-state index in [-0.39, 0.29) is 5.41 Å². The van der Waals surface area contributed by atoms with Crippen LogP contribution in [0, 0.1) is 0 Å². The summed E-state index contributed by atoms with van der Waals surface area (Å²) in [5.41, 5.74) is 5.69. The number of benzene rings is 2. The molecular formula is C24H20N2OS. The topological polar surface area (TPSA) is 37.9 Å². The van der Waals surface area contributed by atoms with Gasteiger partial charge in [0.05, 0.1) is 12.0 Å². The van der Waals surface area contributed by atoms with E-state index in [1.165, 1.54) is 27.3 Å². The average molecular weight is 385 g/mol. The summed E-state index contributed by atoms with van der Waals surface area (Å²) in [6, 6.07) is 23.3. The van der Waals surface area contributed by atoms with Crippen LogP contribution in [0.2, 0.25) is 0 Å². The minimum atomic E-state index is -0.236. The second-order valence-corrected chi connectivity index (χ2v) is 7.97. The summed E-state index contributed by atoms with van der Waals surface area (Å²) in [4.78, 5) is 1.19. The Hall–Kier alpha value is -3.11. The molecule has 2 aromatic heterocycles. The summed E-state index contributed by atoms with van der Waals surface area (Å²) in [6.07, 6.45) is 5.40. The summed E-state index contributed by atoms with van der Waals surface area (Å²) >= 11 is 1.72. The first-order valence-electron chi connectivity index (χ1n) is 9.30. The van der Waals surface area contributed by atoms with E-state index in [0.29, 0.717) is 0 Å². The van der Waals surface area contributed by atoms with E-state index >= 15 is 0 Å². The lowest BCUT2D eigenvalue weighted by Gasteiger charge is -2.34. The molecule has 3 nitrogen and oxygen atoms in total. The van der Waals surface area contributed by atoms with Gasteiger partial charge in [0.15, 0.2) is 0 Å². The lowest BCUT2D eigenvalue weighted by molar-refractivity contribution is 0.414. The summed E-state index contributed by atoms with van der Waals surface area (Å²) in [5, 5.41) is 10.0. The second-order valence-electron chi connectivity index (χ2n) is 7.02. The van der Waals surface area contributed by atoms with E-state index in [0.717, 1.165) is 17.9 Å². The van der Waals surface area contributed by atoms with Crippen LogP contribution in [0.5, 0.6) is 5.75 Å². The number of aromatic amines is 1. The van der Waals surface area contributed by atoms with E-state index in [4.69, 9.17) is 4.74 Å². The Balaban J connectivity index is 1.65. The zero-order valence-corrected chi connectivity index (χ0v) is 16.4. The monoisotopic (exact) mass is 384 g/mol. The van der Waals surface area contributed by atoms with Crippen LogP contribution in [-0.4, -0.2) is 17.3 Å². The van der Waals surface area contributed by atoms with Gasteiger partial charge >= 0.3 is 0 Å². The van der Waals surface area contributed by atoms with E-state index in [9.17, 15) is 0 Å². The first-order valence-corrected chi connectivity index (χ1v) is 10.2. The van der Waals surface area contributed by atoms with Crippen molar-refractivity contribution < 1.29 is 4.74 Å². The maximum absolute atomic E-state index is 5.36. The molecule has 1 aliphatic carbocycles. The van der Waals surface area contributed by atoms with Gasteiger partial charge in [-0.3, -0.25) is 5.10 Å². The normalized spacial score (nSPS) is 18.0. The second kappa shape index (κ2) is 6.80. The molecule has 0 aliphatic heterocycles. The molecule has 0 saturated carbocycles. The highest BCUT2D eigenvalue weighted by molar-refractivity contribution is 7.13. The third-order valence-electron chi connectivity index (χ3n) is 5.52. The molecule has 1 N–H and O–H groups in total. The first kappa shape index (κ1) is 17.0. The standard InChI is InChI=1S/C24H20N2OS/c1-27-19-11-9-18(10-12-19)24(17-6-3-2-4-7-17)14-13-20-21(16-24)25-26-23(20)22-8-5-15-28-22/h2-15H,16H2,1H3,(H,25,26). The molecule has 2 heterocycles. The highest BCUT2D eigenvalue weighted by atomic mass is 32.1. The fourth-order valence-corrected chi connectivity index (χ4v) is 4.78. The Labute approximate surface area is 168 Å². The van der Waals surface area contributed by atoms with Crippen LogP contribution >= 0.6 is 11.3 Å². The van der Waals surface area contributed by atoms with Gasteiger partial charge in [-0.25, -0.2) is 0 Å². The number of methoxy groups -OCH3 is 1. The molecule has 28 heavy (non-hydrogen) atoms. The number of hydrogen-bond acceptors (Lipinski definition) is 3. The largest absolute Gasteiger partial charge is 0.497 e. The molecule has 138 valence electrons. The number of aromatic nitrogens is 2. The van der Waals surface area contributed by atoms with Gasteiger partial charge in [-0.1, -0.05) is 60.7 Å². The van der Waals surface area contributed by atoms with Crippen molar-refractivity contribution in [2.24, 2.45) is 0 Å². The molecule has 0 fully saturated rings. The van der Waals surface area contributed by atoms with Crippen molar-refractivity contribution in [1.82, 2.24) is 10.2 Å². The van der Waals surface area contributed by atoms with Crippen molar-refractivity contribution in [2.45, 2.75) is 11.8 Å². The van der Waals surface area contributed by atoms with Crippen molar-refractivity contribution in [2.75, 3.05) is 7.11 Å². The minimum Gasteiger partial charge on any atom is -0.497 e. The van der Waals surface area contributed by atoms with Gasteiger partial charge in [-0.15, -0.1) is 11.3 Å². The van der Waals surface area contributed by atoms with Crippen molar-refractivity contribution in [3.05, 3.63) is 101 Å². The molecule has 1 atom stereocenters. The van der Waals surface area contributed by atoms with Crippen LogP contribution in [0.15, 0.2) is 78.2 Å². The van der Waals surface area contributed by atoms with Gasteiger partial charge in [-0.05, 0) is 34.7 Å². The summed E-state index contributed by atoms with van der Waals surface area (Å²) < 4.78 is 5.36. The Morgan fingerprint density at radius 2 is 1.75 bits per heavy atom. The summed E-state index contributed by atoms with van der Waals surface area (Å²) in [5.74, 6) is 0.869. The smallest absolute Gasteiger partial charge is 0.118 e. The van der Waals surface area contributed by atoms with Gasteiger partial charge in [0.2, 0.25) is 0 Å². The van der Waals surface area contributed by atoms with Crippen LogP contribution in [0.4, 0.5) is 0 Å². The lowest BCUT2D eigenvalue weighted by atomic mass is 9.68. The van der Waals surface area contributed by atoms with Crippen LogP contribution in [-0.2, 0) is 11.8 Å². The molecule has 1 aliphatic rings. The van der Waals surface area contributed by atoms with E-state index in [1.807, 2.05) is 12.1 Å². The zero-order valence-electron chi connectivity index (χ0n) is 15.6. The Bertz CT molecular complexity index is 1110. The SMILES string of the molecule is COc1ccc(C2(c3ccccc3)C=Cc3c(-c4cccs4)n[nH]c3C2)cc1.